The van der Waals surface area contributed by atoms with E-state index < -0.39 is 5.91 Å². The van der Waals surface area contributed by atoms with Crippen LogP contribution < -0.4 is 11.1 Å². The molecule has 2 aromatic heterocycles. The number of hydrogen-bond donors (Lipinski definition) is 3. The highest BCUT2D eigenvalue weighted by Crippen LogP contribution is 2.19. The monoisotopic (exact) mass is 248 g/mol. The maximum atomic E-state index is 11.1. The largest absolute Gasteiger partial charge is 0.373 e. The molecule has 4 N–H and O–H groups in total. The van der Waals surface area contributed by atoms with Crippen molar-refractivity contribution in [3.63, 3.8) is 0 Å². The zero-order valence-electron chi connectivity index (χ0n) is 9.51. The van der Waals surface area contributed by atoms with Crippen LogP contribution in [0.25, 0.3) is 0 Å². The third-order valence-corrected chi connectivity index (χ3v) is 2.72. The number of anilines is 2. The van der Waals surface area contributed by atoms with E-state index in [4.69, 9.17) is 10.5 Å². The van der Waals surface area contributed by atoms with E-state index in [1.165, 1.54) is 6.20 Å². The van der Waals surface area contributed by atoms with Crippen LogP contribution in [0.2, 0.25) is 0 Å². The lowest BCUT2D eigenvalue weighted by Crippen LogP contribution is -2.16. The quantitative estimate of drug-likeness (QED) is 0.706. The normalized spacial score (nSPS) is 14.2. The topological polar surface area (TPSA) is 111 Å². The summed E-state index contributed by atoms with van der Waals surface area (Å²) in [6, 6.07) is 1.87. The number of nitrogens with two attached hydrogens (primary N) is 1. The van der Waals surface area contributed by atoms with Gasteiger partial charge in [0.1, 0.15) is 11.4 Å². The van der Waals surface area contributed by atoms with Gasteiger partial charge in [-0.05, 0) is 0 Å². The van der Waals surface area contributed by atoms with Crippen LogP contribution in [0.5, 0.6) is 0 Å². The van der Waals surface area contributed by atoms with Crippen LogP contribution in [0, 0.1) is 0 Å². The van der Waals surface area contributed by atoms with Crippen molar-refractivity contribution in [3.05, 3.63) is 23.5 Å². The second kappa shape index (κ2) is 4.15. The molecule has 0 spiro atoms. The molecule has 3 rings (SSSR count). The van der Waals surface area contributed by atoms with E-state index in [2.05, 4.69) is 20.6 Å². The number of primary amides is 1. The highest BCUT2D eigenvalue weighted by Gasteiger charge is 2.15. The smallest absolute Gasteiger partial charge is 0.254 e. The number of carbonyl (C=O) groups is 1. The van der Waals surface area contributed by atoms with E-state index in [0.29, 0.717) is 30.4 Å². The minimum atomic E-state index is -0.543. The number of nitrogens with one attached hydrogen (secondary N) is 2. The van der Waals surface area contributed by atoms with Crippen molar-refractivity contribution in [2.24, 2.45) is 5.73 Å². The minimum Gasteiger partial charge on any atom is -0.373 e. The van der Waals surface area contributed by atoms with Gasteiger partial charge in [0.15, 0.2) is 5.82 Å². The molecule has 0 bridgehead atoms. The summed E-state index contributed by atoms with van der Waals surface area (Å²) in [6.45, 7) is 1.92. The summed E-state index contributed by atoms with van der Waals surface area (Å²) in [4.78, 5) is 11.1. The van der Waals surface area contributed by atoms with Crippen molar-refractivity contribution < 1.29 is 9.53 Å². The summed E-state index contributed by atoms with van der Waals surface area (Å²) >= 11 is 0. The van der Waals surface area contributed by atoms with Crippen LogP contribution in [-0.4, -0.2) is 32.5 Å². The first-order valence-corrected chi connectivity index (χ1v) is 5.48. The van der Waals surface area contributed by atoms with E-state index in [-0.39, 0.29) is 0 Å². The number of nitrogens with zero attached hydrogens (tertiary/aromatic N) is 3. The lowest BCUT2D eigenvalue weighted by atomic mass is 10.3. The van der Waals surface area contributed by atoms with Crippen LogP contribution in [-0.2, 0) is 17.9 Å². The van der Waals surface area contributed by atoms with Gasteiger partial charge in [-0.3, -0.25) is 14.6 Å². The molecule has 0 radical (unpaired) electrons. The second-order valence-corrected chi connectivity index (χ2v) is 3.94. The second-order valence-electron chi connectivity index (χ2n) is 3.94. The van der Waals surface area contributed by atoms with Crippen molar-refractivity contribution in [2.75, 3.05) is 11.9 Å². The molecule has 8 nitrogen and oxygen atoms in total. The summed E-state index contributed by atoms with van der Waals surface area (Å²) in [5.41, 5.74) is 6.52. The lowest BCUT2D eigenvalue weighted by Gasteiger charge is -2.12. The van der Waals surface area contributed by atoms with Crippen LogP contribution in [0.4, 0.5) is 11.6 Å². The molecule has 1 aliphatic rings. The van der Waals surface area contributed by atoms with Crippen molar-refractivity contribution in [2.45, 2.75) is 13.2 Å². The summed E-state index contributed by atoms with van der Waals surface area (Å²) in [5, 5.41) is 13.8. The number of aromatic amines is 1. The van der Waals surface area contributed by atoms with Gasteiger partial charge in [-0.25, -0.2) is 0 Å². The first-order valence-electron chi connectivity index (χ1n) is 5.48. The molecule has 18 heavy (non-hydrogen) atoms. The molecule has 0 aliphatic carbocycles. The molecule has 0 unspecified atom stereocenters. The molecule has 1 aliphatic heterocycles. The Morgan fingerprint density at radius 3 is 3.28 bits per heavy atom. The number of aromatic nitrogens is 4. The van der Waals surface area contributed by atoms with Crippen molar-refractivity contribution in [3.8, 4) is 0 Å². The predicted octanol–water partition coefficient (Wildman–Crippen LogP) is -0.0211. The Morgan fingerprint density at radius 2 is 2.50 bits per heavy atom. The zero-order valence-corrected chi connectivity index (χ0v) is 9.51. The Hall–Kier alpha value is -2.35. The molecule has 0 fully saturated rings. The van der Waals surface area contributed by atoms with Gasteiger partial charge in [0.25, 0.3) is 5.91 Å². The molecule has 94 valence electrons. The number of ether oxygens (including phenoxy) is 1. The molecule has 0 saturated carbocycles. The fourth-order valence-corrected chi connectivity index (χ4v) is 1.85. The van der Waals surface area contributed by atoms with Crippen LogP contribution in [0.15, 0.2) is 12.3 Å². The summed E-state index contributed by atoms with van der Waals surface area (Å²) < 4.78 is 7.19. The molecule has 0 atom stereocenters. The van der Waals surface area contributed by atoms with Gasteiger partial charge >= 0.3 is 0 Å². The molecular weight excluding hydrogens is 236 g/mol. The number of carbonyl (C=O) groups excluding carboxylic acids is 1. The van der Waals surface area contributed by atoms with E-state index in [9.17, 15) is 4.79 Å². The fourth-order valence-electron chi connectivity index (χ4n) is 1.85. The Bertz CT molecular complexity index is 563. The first-order chi connectivity index (χ1) is 8.74. The molecule has 1 amide bonds. The van der Waals surface area contributed by atoms with Crippen LogP contribution in [0.1, 0.15) is 16.1 Å². The molecular formula is C10H12N6O2. The number of hydrogen-bond acceptors (Lipinski definition) is 5. The molecule has 0 saturated heterocycles. The van der Waals surface area contributed by atoms with E-state index in [1.807, 2.05) is 10.7 Å². The first kappa shape index (κ1) is 10.8. The highest BCUT2D eigenvalue weighted by molar-refractivity contribution is 5.97. The maximum absolute atomic E-state index is 11.1. The van der Waals surface area contributed by atoms with Gasteiger partial charge in [0.2, 0.25) is 0 Å². The Labute approximate surface area is 102 Å². The Balaban J connectivity index is 1.86. The van der Waals surface area contributed by atoms with Crippen LogP contribution in [0.3, 0.4) is 0 Å². The van der Waals surface area contributed by atoms with E-state index in [0.717, 1.165) is 12.2 Å². The molecule has 2 aromatic rings. The SMILES string of the molecule is NC(=O)c1cn[nH]c1Nc1cc2n(n1)CCOC2. The standard InChI is InChI=1S/C10H12N6O2/c11-9(17)7-4-12-14-10(7)13-8-3-6-5-18-2-1-16(6)15-8/h3-4H,1-2,5H2,(H2,11,17)(H2,12,13,14,15). The van der Waals surface area contributed by atoms with Crippen molar-refractivity contribution in [1.29, 1.82) is 0 Å². The van der Waals surface area contributed by atoms with Gasteiger partial charge in [-0.15, -0.1) is 0 Å². The van der Waals surface area contributed by atoms with E-state index >= 15 is 0 Å². The summed E-state index contributed by atoms with van der Waals surface area (Å²) in [5.74, 6) is 0.527. The van der Waals surface area contributed by atoms with Crippen molar-refractivity contribution in [1.82, 2.24) is 20.0 Å². The number of fused-ring (bicyclic) bond motifs is 1. The fraction of sp³-hybridized carbons (Fsp3) is 0.300. The third kappa shape index (κ3) is 1.82. The van der Waals surface area contributed by atoms with E-state index in [1.54, 1.807) is 0 Å². The van der Waals surface area contributed by atoms with Crippen molar-refractivity contribution >= 4 is 17.5 Å². The van der Waals surface area contributed by atoms with Gasteiger partial charge in [-0.2, -0.15) is 10.2 Å². The number of H-pyrrole nitrogens is 1. The third-order valence-electron chi connectivity index (χ3n) is 2.72. The predicted molar refractivity (Wildman–Crippen MR) is 62.3 cm³/mol. The Morgan fingerprint density at radius 1 is 1.61 bits per heavy atom. The number of amides is 1. The summed E-state index contributed by atoms with van der Waals surface area (Å²) in [7, 11) is 0. The van der Waals surface area contributed by atoms with Gasteiger partial charge in [-0.1, -0.05) is 0 Å². The highest BCUT2D eigenvalue weighted by atomic mass is 16.5. The average Bonchev–Trinajstić information content (AvgIpc) is 2.94. The van der Waals surface area contributed by atoms with Crippen LogP contribution >= 0.6 is 0 Å². The Kier molecular flexibility index (Phi) is 2.49. The molecule has 8 heteroatoms. The number of rotatable bonds is 3. The minimum absolute atomic E-state index is 0.303. The zero-order chi connectivity index (χ0) is 12.5. The van der Waals surface area contributed by atoms with Gasteiger partial charge in [0.05, 0.1) is 31.6 Å². The lowest BCUT2D eigenvalue weighted by molar-refractivity contribution is 0.0801. The summed E-state index contributed by atoms with van der Waals surface area (Å²) in [6.07, 6.45) is 1.38. The maximum Gasteiger partial charge on any atom is 0.254 e. The van der Waals surface area contributed by atoms with Gasteiger partial charge in [0, 0.05) is 6.07 Å². The molecule has 3 heterocycles. The average molecular weight is 248 g/mol. The van der Waals surface area contributed by atoms with Gasteiger partial charge < -0.3 is 15.8 Å². The molecule has 0 aromatic carbocycles.